The molecule has 222 valence electrons. The minimum atomic E-state index is 0.967. The molecule has 0 aliphatic heterocycles. The first-order valence-corrected chi connectivity index (χ1v) is 16.0. The highest BCUT2D eigenvalue weighted by atomic mass is 14.6. The fraction of sp³-hybridized carbons (Fsp3) is 0.0889. The van der Waals surface area contributed by atoms with Crippen molar-refractivity contribution in [3.8, 4) is 22.3 Å². The van der Waals surface area contributed by atoms with Crippen molar-refractivity contribution < 1.29 is 0 Å². The van der Waals surface area contributed by atoms with Crippen molar-refractivity contribution in [3.63, 3.8) is 0 Å². The summed E-state index contributed by atoms with van der Waals surface area (Å²) in [5.74, 6) is 0. The summed E-state index contributed by atoms with van der Waals surface area (Å²) in [6.45, 7) is 11.0. The second-order valence-electron chi connectivity index (χ2n) is 12.1. The van der Waals surface area contributed by atoms with E-state index in [1.807, 2.05) is 24.5 Å². The summed E-state index contributed by atoms with van der Waals surface area (Å²) >= 11 is 0. The highest BCUT2D eigenvalue weighted by Crippen LogP contribution is 2.46. The standard InChI is InChI=1S/C45H37N/c1-5-30(2)28-35(29-32(4)33-24-26-46-27-25-33)36-22-23-43(38-13-7-6-12-37(36)38)45-41-16-10-8-14-39(41)44(34-20-18-31(3)19-21-34)40-15-9-11-17-42(40)45/h6-29H,4-5H2,1-3H3/b30-28+,35-29+. The molecule has 0 aliphatic carbocycles. The van der Waals surface area contributed by atoms with Crippen LogP contribution in [-0.4, -0.2) is 4.98 Å². The predicted octanol–water partition coefficient (Wildman–Crippen LogP) is 12.6. The summed E-state index contributed by atoms with van der Waals surface area (Å²) in [6.07, 6.45) is 9.17. The van der Waals surface area contributed by atoms with Gasteiger partial charge in [0.15, 0.2) is 0 Å². The fourth-order valence-electron chi connectivity index (χ4n) is 6.62. The van der Waals surface area contributed by atoms with E-state index in [4.69, 9.17) is 0 Å². The first-order valence-electron chi connectivity index (χ1n) is 16.0. The van der Waals surface area contributed by atoms with Gasteiger partial charge in [-0.2, -0.15) is 0 Å². The van der Waals surface area contributed by atoms with E-state index in [-0.39, 0.29) is 0 Å². The third-order valence-electron chi connectivity index (χ3n) is 9.12. The molecule has 0 aliphatic rings. The van der Waals surface area contributed by atoms with Gasteiger partial charge in [-0.15, -0.1) is 0 Å². The lowest BCUT2D eigenvalue weighted by Crippen LogP contribution is -1.94. The second-order valence-corrected chi connectivity index (χ2v) is 12.1. The Kier molecular flexibility index (Phi) is 7.91. The zero-order valence-corrected chi connectivity index (χ0v) is 26.7. The molecule has 46 heavy (non-hydrogen) atoms. The SMILES string of the molecule is C=C(/C=C(\C=C(/C)CC)c1ccc(-c2c3ccccc3c(-c3ccc(C)cc3)c3ccccc23)c2ccccc12)c1ccncc1. The van der Waals surface area contributed by atoms with Crippen LogP contribution >= 0.6 is 0 Å². The van der Waals surface area contributed by atoms with Crippen molar-refractivity contribution in [2.45, 2.75) is 27.2 Å². The van der Waals surface area contributed by atoms with Crippen molar-refractivity contribution in [3.05, 3.63) is 175 Å². The molecule has 1 nitrogen and oxygen atoms in total. The molecule has 1 heterocycles. The number of aryl methyl sites for hydroxylation is 1. The Morgan fingerprint density at radius 2 is 1.15 bits per heavy atom. The molecular weight excluding hydrogens is 555 g/mol. The lowest BCUT2D eigenvalue weighted by atomic mass is 9.83. The molecule has 7 rings (SSSR count). The first kappa shape index (κ1) is 29.2. The van der Waals surface area contributed by atoms with Crippen LogP contribution < -0.4 is 0 Å². The number of nitrogens with zero attached hydrogens (tertiary/aromatic N) is 1. The van der Waals surface area contributed by atoms with E-state index in [0.29, 0.717) is 0 Å². The number of aromatic nitrogens is 1. The quantitative estimate of drug-likeness (QED) is 0.133. The van der Waals surface area contributed by atoms with Crippen LogP contribution in [0.3, 0.4) is 0 Å². The summed E-state index contributed by atoms with van der Waals surface area (Å²) in [4.78, 5) is 4.20. The third kappa shape index (κ3) is 5.35. The number of benzene rings is 6. The van der Waals surface area contributed by atoms with Crippen LogP contribution in [0, 0.1) is 6.92 Å². The lowest BCUT2D eigenvalue weighted by Gasteiger charge is -2.20. The highest BCUT2D eigenvalue weighted by Gasteiger charge is 2.19. The molecule has 1 aromatic heterocycles. The van der Waals surface area contributed by atoms with E-state index in [1.54, 1.807) is 0 Å². The Morgan fingerprint density at radius 1 is 0.609 bits per heavy atom. The molecule has 0 saturated heterocycles. The molecular formula is C45H37N. The molecule has 6 aromatic carbocycles. The molecule has 0 unspecified atom stereocenters. The van der Waals surface area contributed by atoms with Gasteiger partial charge in [0.05, 0.1) is 0 Å². The zero-order chi connectivity index (χ0) is 31.6. The summed E-state index contributed by atoms with van der Waals surface area (Å²) in [6, 6.07) is 44.2. The van der Waals surface area contributed by atoms with Gasteiger partial charge in [0, 0.05) is 12.4 Å². The summed E-state index contributed by atoms with van der Waals surface area (Å²) < 4.78 is 0. The maximum absolute atomic E-state index is 4.44. The van der Waals surface area contributed by atoms with Gasteiger partial charge >= 0.3 is 0 Å². The maximum Gasteiger partial charge on any atom is 0.0273 e. The summed E-state index contributed by atoms with van der Waals surface area (Å²) in [5, 5.41) is 7.52. The first-order chi connectivity index (χ1) is 22.5. The van der Waals surface area contributed by atoms with Gasteiger partial charge in [0.25, 0.3) is 0 Å². The topological polar surface area (TPSA) is 12.9 Å². The average Bonchev–Trinajstić information content (AvgIpc) is 3.10. The number of hydrogen-bond donors (Lipinski definition) is 0. The molecule has 0 fully saturated rings. The van der Waals surface area contributed by atoms with Crippen molar-refractivity contribution in [1.82, 2.24) is 4.98 Å². The van der Waals surface area contributed by atoms with Gasteiger partial charge in [0.2, 0.25) is 0 Å². The molecule has 0 saturated carbocycles. The molecule has 0 radical (unpaired) electrons. The zero-order valence-electron chi connectivity index (χ0n) is 26.7. The number of allylic oxidation sites excluding steroid dienone is 5. The minimum absolute atomic E-state index is 0.967. The fourth-order valence-corrected chi connectivity index (χ4v) is 6.62. The molecule has 0 amide bonds. The smallest absolute Gasteiger partial charge is 0.0273 e. The van der Waals surface area contributed by atoms with Crippen molar-refractivity contribution in [2.75, 3.05) is 0 Å². The Labute approximate surface area is 271 Å². The van der Waals surface area contributed by atoms with Gasteiger partial charge in [-0.25, -0.2) is 0 Å². The van der Waals surface area contributed by atoms with Gasteiger partial charge in [-0.3, -0.25) is 4.98 Å². The predicted molar refractivity (Wildman–Crippen MR) is 200 cm³/mol. The van der Waals surface area contributed by atoms with Crippen LogP contribution in [0.1, 0.15) is 37.0 Å². The Morgan fingerprint density at radius 3 is 1.74 bits per heavy atom. The van der Waals surface area contributed by atoms with E-state index in [0.717, 1.165) is 23.1 Å². The summed E-state index contributed by atoms with van der Waals surface area (Å²) in [5.41, 5.74) is 12.0. The van der Waals surface area contributed by atoms with Crippen LogP contribution in [0.25, 0.3) is 65.7 Å². The normalized spacial score (nSPS) is 12.2. The van der Waals surface area contributed by atoms with Gasteiger partial charge in [-0.1, -0.05) is 140 Å². The second kappa shape index (κ2) is 12.5. The molecule has 7 aromatic rings. The monoisotopic (exact) mass is 591 g/mol. The number of fused-ring (bicyclic) bond motifs is 3. The largest absolute Gasteiger partial charge is 0.265 e. The van der Waals surface area contributed by atoms with Crippen molar-refractivity contribution >= 4 is 43.5 Å². The Balaban J connectivity index is 1.51. The third-order valence-corrected chi connectivity index (χ3v) is 9.12. The Bertz CT molecular complexity index is 2240. The van der Waals surface area contributed by atoms with Gasteiger partial charge in [-0.05, 0) is 115 Å². The number of hydrogen-bond acceptors (Lipinski definition) is 1. The minimum Gasteiger partial charge on any atom is -0.265 e. The van der Waals surface area contributed by atoms with Crippen LogP contribution in [0.5, 0.6) is 0 Å². The van der Waals surface area contributed by atoms with E-state index < -0.39 is 0 Å². The van der Waals surface area contributed by atoms with Crippen LogP contribution in [-0.2, 0) is 0 Å². The van der Waals surface area contributed by atoms with E-state index in [9.17, 15) is 0 Å². The van der Waals surface area contributed by atoms with Crippen molar-refractivity contribution in [2.24, 2.45) is 0 Å². The van der Waals surface area contributed by atoms with E-state index in [2.05, 4.69) is 154 Å². The van der Waals surface area contributed by atoms with Gasteiger partial charge < -0.3 is 0 Å². The van der Waals surface area contributed by atoms with Gasteiger partial charge in [0.1, 0.15) is 0 Å². The molecule has 0 spiro atoms. The van der Waals surface area contributed by atoms with Crippen LogP contribution in [0.2, 0.25) is 0 Å². The maximum atomic E-state index is 4.44. The molecule has 0 atom stereocenters. The van der Waals surface area contributed by atoms with E-state index >= 15 is 0 Å². The van der Waals surface area contributed by atoms with Crippen LogP contribution in [0.4, 0.5) is 0 Å². The molecule has 0 bridgehead atoms. The number of rotatable bonds is 7. The van der Waals surface area contributed by atoms with E-state index in [1.165, 1.54) is 71.3 Å². The molecule has 0 N–H and O–H groups in total. The average molecular weight is 592 g/mol. The van der Waals surface area contributed by atoms with Crippen molar-refractivity contribution in [1.29, 1.82) is 0 Å². The molecule has 1 heteroatoms. The highest BCUT2D eigenvalue weighted by molar-refractivity contribution is 6.24. The van der Waals surface area contributed by atoms with Crippen LogP contribution in [0.15, 0.2) is 158 Å². The Hall–Kier alpha value is -5.53. The number of pyridine rings is 1. The lowest BCUT2D eigenvalue weighted by molar-refractivity contribution is 1.10. The summed E-state index contributed by atoms with van der Waals surface area (Å²) in [7, 11) is 0.